The molecule has 0 amide bonds. The third kappa shape index (κ3) is 7.49. The van der Waals surface area contributed by atoms with Gasteiger partial charge in [0, 0.05) is 43.1 Å². The van der Waals surface area contributed by atoms with Crippen molar-refractivity contribution in [3.63, 3.8) is 0 Å². The van der Waals surface area contributed by atoms with E-state index in [-0.39, 0.29) is 0 Å². The third-order valence-electron chi connectivity index (χ3n) is 4.32. The summed E-state index contributed by atoms with van der Waals surface area (Å²) in [5.74, 6) is 1.73. The molecule has 0 unspecified atom stereocenters. The van der Waals surface area contributed by atoms with E-state index in [9.17, 15) is 0 Å². The molecule has 0 bridgehead atoms. The molecule has 0 radical (unpaired) electrons. The number of hydrogen-bond acceptors (Lipinski definition) is 4. The minimum Gasteiger partial charge on any atom is -0.272 e. The van der Waals surface area contributed by atoms with Crippen LogP contribution in [0.1, 0.15) is 71.7 Å². The largest absolute Gasteiger partial charge is 0.272 e. The second kappa shape index (κ2) is 11.5. The van der Waals surface area contributed by atoms with Crippen molar-refractivity contribution >= 4 is 12.1 Å². The molecule has 0 fully saturated rings. The number of nitrogens with zero attached hydrogens (tertiary/aromatic N) is 6. The monoisotopic (exact) mass is 372 g/mol. The van der Waals surface area contributed by atoms with Gasteiger partial charge in [0.2, 0.25) is 0 Å². The molecule has 3 rings (SSSR count). The number of aryl methyl sites for hydroxylation is 2. The van der Waals surface area contributed by atoms with Crippen LogP contribution in [0, 0.1) is 5.92 Å². The Labute approximate surface area is 164 Å². The summed E-state index contributed by atoms with van der Waals surface area (Å²) in [6.07, 6.45) is 5.32. The van der Waals surface area contributed by atoms with Crippen molar-refractivity contribution in [2.24, 2.45) is 23.0 Å². The first kappa shape index (κ1) is 22.8. The van der Waals surface area contributed by atoms with E-state index in [1.54, 1.807) is 6.34 Å². The van der Waals surface area contributed by atoms with Gasteiger partial charge in [-0.1, -0.05) is 41.5 Å². The van der Waals surface area contributed by atoms with Gasteiger partial charge in [-0.2, -0.15) is 10.2 Å². The van der Waals surface area contributed by atoms with Crippen LogP contribution >= 0.6 is 0 Å². The molecule has 0 atom stereocenters. The average molecular weight is 373 g/mol. The molecule has 150 valence electrons. The minimum atomic E-state index is 0.567. The van der Waals surface area contributed by atoms with Gasteiger partial charge in [0.05, 0.1) is 6.54 Å². The zero-order valence-electron chi connectivity index (χ0n) is 18.2. The lowest BCUT2D eigenvalue weighted by Crippen LogP contribution is -2.07. The Morgan fingerprint density at radius 3 is 1.78 bits per heavy atom. The Morgan fingerprint density at radius 2 is 1.48 bits per heavy atom. The van der Waals surface area contributed by atoms with Crippen molar-refractivity contribution in [3.8, 4) is 0 Å². The second-order valence-electron chi connectivity index (χ2n) is 7.49. The van der Waals surface area contributed by atoms with Crippen molar-refractivity contribution in [2.45, 2.75) is 66.8 Å². The summed E-state index contributed by atoms with van der Waals surface area (Å²) in [4.78, 5) is 8.02. The molecule has 2 aromatic heterocycles. The van der Waals surface area contributed by atoms with E-state index in [2.05, 4.69) is 74.7 Å². The van der Waals surface area contributed by atoms with Gasteiger partial charge in [0.1, 0.15) is 6.34 Å². The molecule has 27 heavy (non-hydrogen) atoms. The fourth-order valence-electron chi connectivity index (χ4n) is 2.67. The van der Waals surface area contributed by atoms with Crippen LogP contribution in [0.2, 0.25) is 0 Å². The van der Waals surface area contributed by atoms with E-state index < -0.39 is 0 Å². The van der Waals surface area contributed by atoms with Gasteiger partial charge in [-0.05, 0) is 36.8 Å². The zero-order valence-corrected chi connectivity index (χ0v) is 18.2. The summed E-state index contributed by atoms with van der Waals surface area (Å²) in [6, 6.07) is 4.12. The molecule has 6 nitrogen and oxygen atoms in total. The van der Waals surface area contributed by atoms with Crippen LogP contribution in [-0.4, -0.2) is 38.2 Å². The van der Waals surface area contributed by atoms with Crippen LogP contribution in [0.4, 0.5) is 0 Å². The Morgan fingerprint density at radius 1 is 0.889 bits per heavy atom. The molecular formula is C21H36N6. The number of aromatic nitrogens is 4. The van der Waals surface area contributed by atoms with Crippen LogP contribution < -0.4 is 0 Å². The van der Waals surface area contributed by atoms with Crippen molar-refractivity contribution in [1.82, 2.24) is 19.6 Å². The fourth-order valence-corrected chi connectivity index (χ4v) is 2.67. The van der Waals surface area contributed by atoms with Crippen LogP contribution in [0.3, 0.4) is 0 Å². The molecule has 0 aliphatic carbocycles. The van der Waals surface area contributed by atoms with Crippen LogP contribution in [0.25, 0.3) is 0 Å². The Hall–Kier alpha value is -2.24. The van der Waals surface area contributed by atoms with E-state index in [1.165, 1.54) is 17.1 Å². The van der Waals surface area contributed by atoms with Crippen LogP contribution in [0.15, 0.2) is 34.5 Å². The fraction of sp³-hybridized carbons (Fsp3) is 0.619. The molecule has 0 aromatic carbocycles. The van der Waals surface area contributed by atoms with Gasteiger partial charge in [-0.25, -0.2) is 4.99 Å². The van der Waals surface area contributed by atoms with Gasteiger partial charge in [-0.15, -0.1) is 0 Å². The first-order valence-electron chi connectivity index (χ1n) is 9.82. The maximum atomic E-state index is 4.17. The topological polar surface area (TPSA) is 60.4 Å². The van der Waals surface area contributed by atoms with Crippen molar-refractivity contribution in [1.29, 1.82) is 0 Å². The number of hydrogen-bond donors (Lipinski definition) is 0. The highest BCUT2D eigenvalue weighted by atomic mass is 15.3. The van der Waals surface area contributed by atoms with E-state index in [4.69, 9.17) is 0 Å². The van der Waals surface area contributed by atoms with Crippen molar-refractivity contribution in [2.75, 3.05) is 6.54 Å². The van der Waals surface area contributed by atoms with Gasteiger partial charge < -0.3 is 0 Å². The zero-order chi connectivity index (χ0) is 20.4. The summed E-state index contributed by atoms with van der Waals surface area (Å²) in [7, 11) is 1.97. The lowest BCUT2D eigenvalue weighted by atomic mass is 10.1. The van der Waals surface area contributed by atoms with Gasteiger partial charge in [0.25, 0.3) is 0 Å². The Kier molecular flexibility index (Phi) is 9.68. The minimum absolute atomic E-state index is 0.567. The quantitative estimate of drug-likeness (QED) is 0.781. The van der Waals surface area contributed by atoms with Gasteiger partial charge in [0.15, 0.2) is 0 Å². The second-order valence-corrected chi connectivity index (χ2v) is 7.49. The first-order chi connectivity index (χ1) is 12.8. The molecule has 0 saturated heterocycles. The summed E-state index contributed by atoms with van der Waals surface area (Å²) in [6.45, 7) is 16.9. The van der Waals surface area contributed by atoms with E-state index in [0.29, 0.717) is 17.8 Å². The summed E-state index contributed by atoms with van der Waals surface area (Å²) >= 11 is 0. The molecule has 6 heteroatoms. The van der Waals surface area contributed by atoms with Crippen molar-refractivity contribution in [3.05, 3.63) is 35.9 Å². The van der Waals surface area contributed by atoms with E-state index >= 15 is 0 Å². The molecule has 3 heterocycles. The molecule has 1 aliphatic heterocycles. The highest BCUT2D eigenvalue weighted by Gasteiger charge is 2.05. The molecular weight excluding hydrogens is 336 g/mol. The molecule has 0 N–H and O–H groups in total. The maximum absolute atomic E-state index is 4.17. The third-order valence-corrected chi connectivity index (χ3v) is 4.32. The SMILES string of the molecule is CC(C)C1=NC=NC1.CC(C)c1ccnn1C.CCn1nccc1C(C)C. The molecule has 0 saturated carbocycles. The van der Waals surface area contributed by atoms with E-state index in [1.807, 2.05) is 34.9 Å². The van der Waals surface area contributed by atoms with Gasteiger partial charge >= 0.3 is 0 Å². The maximum Gasteiger partial charge on any atom is 0.110 e. The molecule has 1 aliphatic rings. The lowest BCUT2D eigenvalue weighted by molar-refractivity contribution is 0.598. The normalized spacial score (nSPS) is 12.8. The van der Waals surface area contributed by atoms with Crippen LogP contribution in [0.5, 0.6) is 0 Å². The van der Waals surface area contributed by atoms with E-state index in [0.717, 1.165) is 13.1 Å². The van der Waals surface area contributed by atoms with Gasteiger partial charge in [-0.3, -0.25) is 14.4 Å². The number of aliphatic imine (C=N–C) groups is 2. The predicted molar refractivity (Wildman–Crippen MR) is 115 cm³/mol. The highest BCUT2D eigenvalue weighted by Crippen LogP contribution is 2.12. The summed E-state index contributed by atoms with van der Waals surface area (Å²) in [5, 5.41) is 8.23. The first-order valence-corrected chi connectivity index (χ1v) is 9.82. The summed E-state index contributed by atoms with van der Waals surface area (Å²) in [5.41, 5.74) is 3.81. The van der Waals surface area contributed by atoms with Crippen molar-refractivity contribution < 1.29 is 0 Å². The predicted octanol–water partition coefficient (Wildman–Crippen LogP) is 4.70. The molecule has 0 spiro atoms. The van der Waals surface area contributed by atoms with Crippen LogP contribution in [-0.2, 0) is 13.6 Å². The lowest BCUT2D eigenvalue weighted by Gasteiger charge is -2.06. The highest BCUT2D eigenvalue weighted by molar-refractivity contribution is 5.97. The Bertz CT molecular complexity index is 719. The average Bonchev–Trinajstić information content (AvgIpc) is 3.36. The standard InChI is InChI=1S/C8H14N2.C7H12N2.C6H10N2/c1-4-10-8(7(2)3)5-6-9-10;1-6(2)7-4-5-8-9(7)3;1-5(2)6-3-7-4-8-6/h5-7H,4H2,1-3H3;4-6H,1-3H3;4-5H,3H2,1-2H3. The Balaban J connectivity index is 0.000000204. The molecule has 2 aromatic rings. The summed E-state index contributed by atoms with van der Waals surface area (Å²) < 4.78 is 3.94. The number of rotatable bonds is 4. The smallest absolute Gasteiger partial charge is 0.110 e.